The molecule has 0 spiro atoms. The fraction of sp³-hybridized carbons (Fsp3) is 0.667. The highest BCUT2D eigenvalue weighted by Crippen LogP contribution is 2.32. The molecule has 2 rings (SSSR count). The summed E-state index contributed by atoms with van der Waals surface area (Å²) in [6, 6.07) is 6.88. The molecule has 1 aromatic rings. The standard InChI is InChI=1S/C18H30N2O/c1-15-13-17(20-10-7-18(2,3)8-11-20)6-5-16(15)14-19-9-12-21-4/h5-6,13,19H,7-12,14H2,1-4H3. The van der Waals surface area contributed by atoms with Gasteiger partial charge in [0.2, 0.25) is 0 Å². The molecule has 21 heavy (non-hydrogen) atoms. The molecule has 0 aromatic heterocycles. The van der Waals surface area contributed by atoms with Gasteiger partial charge in [0.05, 0.1) is 6.61 Å². The summed E-state index contributed by atoms with van der Waals surface area (Å²) in [6.07, 6.45) is 2.57. The lowest BCUT2D eigenvalue weighted by molar-refractivity contribution is 0.199. The summed E-state index contributed by atoms with van der Waals surface area (Å²) >= 11 is 0. The lowest BCUT2D eigenvalue weighted by atomic mass is 9.82. The third kappa shape index (κ3) is 4.72. The normalized spacial score (nSPS) is 18.0. The van der Waals surface area contributed by atoms with Gasteiger partial charge in [-0.25, -0.2) is 0 Å². The molecule has 1 aliphatic heterocycles. The number of rotatable bonds is 6. The van der Waals surface area contributed by atoms with Crippen molar-refractivity contribution in [3.8, 4) is 0 Å². The lowest BCUT2D eigenvalue weighted by Crippen LogP contribution is -2.37. The molecule has 3 heteroatoms. The summed E-state index contributed by atoms with van der Waals surface area (Å²) in [4.78, 5) is 2.53. The quantitative estimate of drug-likeness (QED) is 0.813. The van der Waals surface area contributed by atoms with Crippen molar-refractivity contribution in [2.24, 2.45) is 5.41 Å². The van der Waals surface area contributed by atoms with E-state index in [1.807, 2.05) is 0 Å². The van der Waals surface area contributed by atoms with Gasteiger partial charge in [-0.15, -0.1) is 0 Å². The molecular weight excluding hydrogens is 260 g/mol. The Balaban J connectivity index is 1.92. The first kappa shape index (κ1) is 16.3. The molecule has 0 saturated carbocycles. The van der Waals surface area contributed by atoms with Crippen LogP contribution in [0.15, 0.2) is 18.2 Å². The minimum absolute atomic E-state index is 0.511. The van der Waals surface area contributed by atoms with Crippen molar-refractivity contribution in [3.05, 3.63) is 29.3 Å². The molecule has 1 heterocycles. The summed E-state index contributed by atoms with van der Waals surface area (Å²) < 4.78 is 5.06. The molecular formula is C18H30N2O. The van der Waals surface area contributed by atoms with E-state index in [0.717, 1.165) is 19.7 Å². The number of ether oxygens (including phenoxy) is 1. The maximum atomic E-state index is 5.06. The van der Waals surface area contributed by atoms with Gasteiger partial charge < -0.3 is 15.0 Å². The van der Waals surface area contributed by atoms with Crippen molar-refractivity contribution in [1.29, 1.82) is 0 Å². The van der Waals surface area contributed by atoms with Crippen LogP contribution in [-0.4, -0.2) is 33.4 Å². The van der Waals surface area contributed by atoms with Crippen LogP contribution in [0.5, 0.6) is 0 Å². The third-order valence-electron chi connectivity index (χ3n) is 4.61. The van der Waals surface area contributed by atoms with Crippen LogP contribution >= 0.6 is 0 Å². The fourth-order valence-electron chi connectivity index (χ4n) is 2.84. The maximum Gasteiger partial charge on any atom is 0.0587 e. The van der Waals surface area contributed by atoms with E-state index < -0.39 is 0 Å². The number of nitrogens with one attached hydrogen (secondary N) is 1. The van der Waals surface area contributed by atoms with Gasteiger partial charge in [-0.05, 0) is 48.4 Å². The summed E-state index contributed by atoms with van der Waals surface area (Å²) in [7, 11) is 1.74. The molecule has 0 aliphatic carbocycles. The Morgan fingerprint density at radius 3 is 2.57 bits per heavy atom. The monoisotopic (exact) mass is 290 g/mol. The molecule has 118 valence electrons. The molecule has 0 amide bonds. The first-order chi connectivity index (χ1) is 10.0. The number of aryl methyl sites for hydroxylation is 1. The van der Waals surface area contributed by atoms with Crippen molar-refractivity contribution in [3.63, 3.8) is 0 Å². The topological polar surface area (TPSA) is 24.5 Å². The van der Waals surface area contributed by atoms with Gasteiger partial charge in [-0.2, -0.15) is 0 Å². The molecule has 1 saturated heterocycles. The first-order valence-corrected chi connectivity index (χ1v) is 8.06. The molecule has 1 fully saturated rings. The van der Waals surface area contributed by atoms with Crippen LogP contribution in [0.25, 0.3) is 0 Å². The van der Waals surface area contributed by atoms with Crippen molar-refractivity contribution in [1.82, 2.24) is 5.32 Å². The van der Waals surface area contributed by atoms with Crippen LogP contribution in [0, 0.1) is 12.3 Å². The van der Waals surface area contributed by atoms with Gasteiger partial charge in [0.15, 0.2) is 0 Å². The van der Waals surface area contributed by atoms with Gasteiger partial charge in [0, 0.05) is 39.0 Å². The summed E-state index contributed by atoms with van der Waals surface area (Å²) in [5.41, 5.74) is 4.65. The Bertz CT molecular complexity index is 447. The number of hydrogen-bond donors (Lipinski definition) is 1. The second-order valence-electron chi connectivity index (χ2n) is 6.93. The van der Waals surface area contributed by atoms with Crippen molar-refractivity contribution in [2.75, 3.05) is 38.3 Å². The highest BCUT2D eigenvalue weighted by molar-refractivity contribution is 5.51. The third-order valence-corrected chi connectivity index (χ3v) is 4.61. The summed E-state index contributed by atoms with van der Waals surface area (Å²) in [5.74, 6) is 0. The predicted molar refractivity (Wildman–Crippen MR) is 90.0 cm³/mol. The van der Waals surface area contributed by atoms with Gasteiger partial charge in [0.1, 0.15) is 0 Å². The number of methoxy groups -OCH3 is 1. The Morgan fingerprint density at radius 2 is 1.95 bits per heavy atom. The van der Waals surface area contributed by atoms with E-state index in [0.29, 0.717) is 5.41 Å². The minimum atomic E-state index is 0.511. The zero-order chi connectivity index (χ0) is 15.3. The van der Waals surface area contributed by atoms with Crippen LogP contribution in [0.2, 0.25) is 0 Å². The van der Waals surface area contributed by atoms with E-state index in [4.69, 9.17) is 4.74 Å². The van der Waals surface area contributed by atoms with Gasteiger partial charge >= 0.3 is 0 Å². The maximum absolute atomic E-state index is 5.06. The van der Waals surface area contributed by atoms with E-state index in [-0.39, 0.29) is 0 Å². The number of hydrogen-bond acceptors (Lipinski definition) is 3. The van der Waals surface area contributed by atoms with Crippen LogP contribution in [0.1, 0.15) is 37.8 Å². The molecule has 0 bridgehead atoms. The van der Waals surface area contributed by atoms with Crippen LogP contribution in [0.3, 0.4) is 0 Å². The Hall–Kier alpha value is -1.06. The largest absolute Gasteiger partial charge is 0.383 e. The highest BCUT2D eigenvalue weighted by atomic mass is 16.5. The zero-order valence-electron chi connectivity index (χ0n) is 14.0. The second-order valence-corrected chi connectivity index (χ2v) is 6.93. The molecule has 1 N–H and O–H groups in total. The average molecular weight is 290 g/mol. The SMILES string of the molecule is COCCNCc1ccc(N2CCC(C)(C)CC2)cc1C. The molecule has 1 aliphatic rings. The van der Waals surface area contributed by atoms with Crippen LogP contribution in [-0.2, 0) is 11.3 Å². The number of piperidine rings is 1. The fourth-order valence-corrected chi connectivity index (χ4v) is 2.84. The van der Waals surface area contributed by atoms with Gasteiger partial charge in [-0.3, -0.25) is 0 Å². The Labute approximate surface area is 129 Å². The van der Waals surface area contributed by atoms with E-state index in [2.05, 4.69) is 49.2 Å². The zero-order valence-corrected chi connectivity index (χ0v) is 14.0. The van der Waals surface area contributed by atoms with Crippen molar-refractivity contribution >= 4 is 5.69 Å². The summed E-state index contributed by atoms with van der Waals surface area (Å²) in [6.45, 7) is 11.9. The minimum Gasteiger partial charge on any atom is -0.383 e. The molecule has 3 nitrogen and oxygen atoms in total. The second kappa shape index (κ2) is 7.28. The van der Waals surface area contributed by atoms with Crippen LogP contribution in [0.4, 0.5) is 5.69 Å². The Kier molecular flexibility index (Phi) is 5.65. The Morgan fingerprint density at radius 1 is 1.24 bits per heavy atom. The number of anilines is 1. The molecule has 0 radical (unpaired) electrons. The first-order valence-electron chi connectivity index (χ1n) is 8.06. The highest BCUT2D eigenvalue weighted by Gasteiger charge is 2.25. The van der Waals surface area contributed by atoms with Crippen molar-refractivity contribution < 1.29 is 4.74 Å². The number of benzene rings is 1. The molecule has 1 aromatic carbocycles. The van der Waals surface area contributed by atoms with Gasteiger partial charge in [-0.1, -0.05) is 19.9 Å². The number of nitrogens with zero attached hydrogens (tertiary/aromatic N) is 1. The predicted octanol–water partition coefficient (Wildman–Crippen LogP) is 3.36. The summed E-state index contributed by atoms with van der Waals surface area (Å²) in [5, 5.41) is 3.41. The average Bonchev–Trinajstić information content (AvgIpc) is 2.45. The van der Waals surface area contributed by atoms with E-state index in [9.17, 15) is 0 Å². The van der Waals surface area contributed by atoms with Crippen LogP contribution < -0.4 is 10.2 Å². The van der Waals surface area contributed by atoms with E-state index in [1.54, 1.807) is 7.11 Å². The molecule has 0 unspecified atom stereocenters. The van der Waals surface area contributed by atoms with E-state index in [1.165, 1.54) is 42.7 Å². The smallest absolute Gasteiger partial charge is 0.0587 e. The lowest BCUT2D eigenvalue weighted by Gasteiger charge is -2.38. The molecule has 0 atom stereocenters. The van der Waals surface area contributed by atoms with Crippen molar-refractivity contribution in [2.45, 2.75) is 40.2 Å². The van der Waals surface area contributed by atoms with Gasteiger partial charge in [0.25, 0.3) is 0 Å². The van der Waals surface area contributed by atoms with E-state index >= 15 is 0 Å².